The minimum Gasteiger partial charge on any atom is -0.493 e. The Kier molecular flexibility index (Phi) is 5.14. The van der Waals surface area contributed by atoms with Gasteiger partial charge in [0.2, 0.25) is 0 Å². The standard InChI is InChI=1S/C20H18N2O3S/c1-3-25-17-11-7-5-9-14(17)12-15-18(23)21-20(26)22(19(15)24)16-10-6-4-8-13(16)2/h4-12H,3H2,1-2H3,(H,21,23,26)/b15-12+. The first-order chi connectivity index (χ1) is 12.5. The van der Waals surface area contributed by atoms with Crippen molar-refractivity contribution in [3.05, 3.63) is 65.2 Å². The molecule has 2 aromatic carbocycles. The van der Waals surface area contributed by atoms with E-state index < -0.39 is 11.8 Å². The number of hydrogen-bond acceptors (Lipinski definition) is 4. The van der Waals surface area contributed by atoms with E-state index in [2.05, 4.69) is 5.32 Å². The average molecular weight is 366 g/mol. The van der Waals surface area contributed by atoms with Gasteiger partial charge in [-0.1, -0.05) is 36.4 Å². The lowest BCUT2D eigenvalue weighted by molar-refractivity contribution is -0.122. The summed E-state index contributed by atoms with van der Waals surface area (Å²) in [5, 5.41) is 2.67. The second-order valence-corrected chi connectivity index (χ2v) is 6.10. The van der Waals surface area contributed by atoms with Crippen LogP contribution in [0.4, 0.5) is 5.69 Å². The van der Waals surface area contributed by atoms with E-state index in [-0.39, 0.29) is 10.7 Å². The minimum absolute atomic E-state index is 0.00834. The first-order valence-corrected chi connectivity index (χ1v) is 8.62. The smallest absolute Gasteiger partial charge is 0.270 e. The molecule has 0 bridgehead atoms. The van der Waals surface area contributed by atoms with E-state index in [1.165, 1.54) is 11.0 Å². The highest BCUT2D eigenvalue weighted by atomic mass is 32.1. The number of hydrogen-bond donors (Lipinski definition) is 1. The summed E-state index contributed by atoms with van der Waals surface area (Å²) in [6.45, 7) is 4.25. The van der Waals surface area contributed by atoms with Crippen LogP contribution in [0.5, 0.6) is 5.75 Å². The predicted molar refractivity (Wildman–Crippen MR) is 105 cm³/mol. The van der Waals surface area contributed by atoms with Gasteiger partial charge in [0.15, 0.2) is 5.11 Å². The van der Waals surface area contributed by atoms with Gasteiger partial charge in [0.1, 0.15) is 11.3 Å². The summed E-state index contributed by atoms with van der Waals surface area (Å²) in [5.74, 6) is -0.367. The highest BCUT2D eigenvalue weighted by Crippen LogP contribution is 2.27. The molecule has 1 N–H and O–H groups in total. The molecule has 1 saturated heterocycles. The molecule has 0 radical (unpaired) electrons. The normalized spacial score (nSPS) is 16.0. The molecule has 2 aromatic rings. The lowest BCUT2D eigenvalue weighted by Crippen LogP contribution is -2.54. The number of benzene rings is 2. The number of carbonyl (C=O) groups excluding carboxylic acids is 2. The fraction of sp³-hybridized carbons (Fsp3) is 0.150. The van der Waals surface area contributed by atoms with Gasteiger partial charge >= 0.3 is 0 Å². The van der Waals surface area contributed by atoms with Crippen molar-refractivity contribution in [2.45, 2.75) is 13.8 Å². The van der Waals surface area contributed by atoms with Crippen molar-refractivity contribution in [2.24, 2.45) is 0 Å². The Balaban J connectivity index is 2.05. The molecule has 0 aliphatic carbocycles. The Bertz CT molecular complexity index is 921. The Morgan fingerprint density at radius 2 is 1.81 bits per heavy atom. The average Bonchev–Trinajstić information content (AvgIpc) is 2.61. The molecular weight excluding hydrogens is 348 g/mol. The van der Waals surface area contributed by atoms with Crippen LogP contribution in [0.2, 0.25) is 0 Å². The summed E-state index contributed by atoms with van der Waals surface area (Å²) in [6, 6.07) is 14.6. The van der Waals surface area contributed by atoms with Crippen LogP contribution < -0.4 is 15.0 Å². The van der Waals surface area contributed by atoms with E-state index in [1.807, 2.05) is 44.2 Å². The van der Waals surface area contributed by atoms with Crippen LogP contribution in [0.25, 0.3) is 6.08 Å². The topological polar surface area (TPSA) is 58.6 Å². The lowest BCUT2D eigenvalue weighted by atomic mass is 10.1. The van der Waals surface area contributed by atoms with Gasteiger partial charge in [-0.05, 0) is 49.8 Å². The summed E-state index contributed by atoms with van der Waals surface area (Å²) < 4.78 is 5.57. The van der Waals surface area contributed by atoms with Crippen molar-refractivity contribution in [3.63, 3.8) is 0 Å². The van der Waals surface area contributed by atoms with E-state index in [0.29, 0.717) is 23.6 Å². The van der Waals surface area contributed by atoms with E-state index in [1.54, 1.807) is 18.2 Å². The molecule has 0 atom stereocenters. The molecule has 0 aromatic heterocycles. The van der Waals surface area contributed by atoms with E-state index in [4.69, 9.17) is 17.0 Å². The van der Waals surface area contributed by atoms with E-state index in [9.17, 15) is 9.59 Å². The SMILES string of the molecule is CCOc1ccccc1/C=C1\C(=O)NC(=S)N(c2ccccc2C)C1=O. The second kappa shape index (κ2) is 7.49. The van der Waals surface area contributed by atoms with Gasteiger partial charge in [-0.15, -0.1) is 0 Å². The van der Waals surface area contributed by atoms with Gasteiger partial charge in [0.05, 0.1) is 12.3 Å². The van der Waals surface area contributed by atoms with Crippen molar-refractivity contribution in [2.75, 3.05) is 11.5 Å². The summed E-state index contributed by atoms with van der Waals surface area (Å²) in [4.78, 5) is 26.8. The molecule has 132 valence electrons. The van der Waals surface area contributed by atoms with Gasteiger partial charge in [-0.3, -0.25) is 19.8 Å². The van der Waals surface area contributed by atoms with Crippen LogP contribution in [0, 0.1) is 6.92 Å². The van der Waals surface area contributed by atoms with Crippen LogP contribution >= 0.6 is 12.2 Å². The molecule has 6 heteroatoms. The highest BCUT2D eigenvalue weighted by molar-refractivity contribution is 7.80. The number of carbonyl (C=O) groups is 2. The number of anilines is 1. The summed E-state index contributed by atoms with van der Waals surface area (Å²) in [6.07, 6.45) is 1.54. The number of nitrogens with one attached hydrogen (secondary N) is 1. The summed E-state index contributed by atoms with van der Waals surface area (Å²) in [5.41, 5.74) is 2.19. The summed E-state index contributed by atoms with van der Waals surface area (Å²) >= 11 is 5.23. The molecule has 1 heterocycles. The van der Waals surface area contributed by atoms with Gasteiger partial charge in [-0.2, -0.15) is 0 Å². The van der Waals surface area contributed by atoms with Crippen molar-refractivity contribution in [3.8, 4) is 5.75 Å². The van der Waals surface area contributed by atoms with Crippen LogP contribution in [0.1, 0.15) is 18.1 Å². The molecule has 1 aliphatic rings. The fourth-order valence-corrected chi connectivity index (χ4v) is 3.01. The van der Waals surface area contributed by atoms with E-state index >= 15 is 0 Å². The third kappa shape index (κ3) is 3.36. The molecule has 0 unspecified atom stereocenters. The van der Waals surface area contributed by atoms with Crippen LogP contribution in [-0.2, 0) is 9.59 Å². The quantitative estimate of drug-likeness (QED) is 0.513. The molecule has 5 nitrogen and oxygen atoms in total. The highest BCUT2D eigenvalue weighted by Gasteiger charge is 2.35. The Morgan fingerprint density at radius 1 is 1.12 bits per heavy atom. The number of amides is 2. The zero-order chi connectivity index (χ0) is 18.7. The minimum atomic E-state index is -0.517. The Hall–Kier alpha value is -2.99. The first-order valence-electron chi connectivity index (χ1n) is 8.22. The largest absolute Gasteiger partial charge is 0.493 e. The lowest BCUT2D eigenvalue weighted by Gasteiger charge is -2.30. The van der Waals surface area contributed by atoms with Gasteiger partial charge in [0.25, 0.3) is 11.8 Å². The zero-order valence-corrected chi connectivity index (χ0v) is 15.3. The first kappa shape index (κ1) is 17.8. The molecule has 0 spiro atoms. The third-order valence-electron chi connectivity index (χ3n) is 3.98. The van der Waals surface area contributed by atoms with Gasteiger partial charge < -0.3 is 4.74 Å². The van der Waals surface area contributed by atoms with Crippen LogP contribution in [0.15, 0.2) is 54.1 Å². The van der Waals surface area contributed by atoms with Crippen LogP contribution in [-0.4, -0.2) is 23.5 Å². The van der Waals surface area contributed by atoms with Crippen LogP contribution in [0.3, 0.4) is 0 Å². The fourth-order valence-electron chi connectivity index (χ4n) is 2.73. The zero-order valence-electron chi connectivity index (χ0n) is 14.5. The van der Waals surface area contributed by atoms with Crippen molar-refractivity contribution in [1.82, 2.24) is 5.32 Å². The molecule has 1 fully saturated rings. The van der Waals surface area contributed by atoms with Gasteiger partial charge in [0, 0.05) is 5.56 Å². The number of thiocarbonyl (C=S) groups is 1. The summed E-state index contributed by atoms with van der Waals surface area (Å²) in [7, 11) is 0. The monoisotopic (exact) mass is 366 g/mol. The Morgan fingerprint density at radius 3 is 2.54 bits per heavy atom. The number of nitrogens with zero attached hydrogens (tertiary/aromatic N) is 1. The predicted octanol–water partition coefficient (Wildman–Crippen LogP) is 3.23. The molecule has 0 saturated carbocycles. The number of aryl methyl sites for hydroxylation is 1. The number of para-hydroxylation sites is 2. The molecule has 2 amide bonds. The number of rotatable bonds is 4. The maximum absolute atomic E-state index is 13.0. The van der Waals surface area contributed by atoms with Crippen molar-refractivity contribution >= 4 is 40.9 Å². The molecule has 1 aliphatic heterocycles. The number of ether oxygens (including phenoxy) is 1. The third-order valence-corrected chi connectivity index (χ3v) is 4.26. The molecule has 3 rings (SSSR count). The maximum Gasteiger partial charge on any atom is 0.270 e. The van der Waals surface area contributed by atoms with Gasteiger partial charge in [-0.25, -0.2) is 0 Å². The van der Waals surface area contributed by atoms with Crippen molar-refractivity contribution in [1.29, 1.82) is 0 Å². The second-order valence-electron chi connectivity index (χ2n) is 5.72. The van der Waals surface area contributed by atoms with E-state index in [0.717, 1.165) is 5.56 Å². The maximum atomic E-state index is 13.0. The molecule has 26 heavy (non-hydrogen) atoms. The Labute approximate surface area is 157 Å². The van der Waals surface area contributed by atoms with Crippen molar-refractivity contribution < 1.29 is 14.3 Å². The molecular formula is C20H18N2O3S.